The Morgan fingerprint density at radius 2 is 1.84 bits per heavy atom. The number of rotatable bonds is 10. The number of Topliss-reactive ketones (excluding diaryl/α,β-unsaturated/α-hetero) is 2. The van der Waals surface area contributed by atoms with Gasteiger partial charge in [0.15, 0.2) is 11.6 Å². The maximum atomic E-state index is 14.9. The molecular formula is C28H22FN3O4S. The van der Waals surface area contributed by atoms with Gasteiger partial charge in [0, 0.05) is 30.7 Å². The molecule has 0 fully saturated rings. The number of ether oxygens (including phenoxy) is 2. The highest BCUT2D eigenvalue weighted by Crippen LogP contribution is 2.39. The fourth-order valence-corrected chi connectivity index (χ4v) is 5.05. The molecule has 3 aromatic heterocycles. The molecule has 7 nitrogen and oxygen atoms in total. The number of hydrogen-bond acceptors (Lipinski definition) is 7. The molecule has 0 bridgehead atoms. The first kappa shape index (κ1) is 24.3. The molecule has 0 aliphatic carbocycles. The molecule has 0 saturated heterocycles. The highest BCUT2D eigenvalue weighted by atomic mass is 32.1. The Hall–Kier alpha value is -4.37. The number of nitrogens with zero attached hydrogens (tertiary/aromatic N) is 2. The zero-order valence-electron chi connectivity index (χ0n) is 19.9. The summed E-state index contributed by atoms with van der Waals surface area (Å²) in [4.78, 5) is 37.3. The fraction of sp³-hybridized carbons (Fsp3) is 0.143. The molecule has 1 N–H and O–H groups in total. The lowest BCUT2D eigenvalue weighted by molar-refractivity contribution is -0.126. The summed E-state index contributed by atoms with van der Waals surface area (Å²) in [7, 11) is 1.53. The number of fused-ring (bicyclic) bond motifs is 1. The molecule has 0 amide bonds. The molecule has 0 atom stereocenters. The van der Waals surface area contributed by atoms with Gasteiger partial charge < -0.3 is 14.5 Å². The van der Waals surface area contributed by atoms with Gasteiger partial charge in [0.05, 0.1) is 46.8 Å². The maximum absolute atomic E-state index is 14.9. The third-order valence-electron chi connectivity index (χ3n) is 5.73. The Morgan fingerprint density at radius 3 is 2.62 bits per heavy atom. The van der Waals surface area contributed by atoms with Gasteiger partial charge >= 0.3 is 0 Å². The van der Waals surface area contributed by atoms with E-state index in [1.165, 1.54) is 30.6 Å². The summed E-state index contributed by atoms with van der Waals surface area (Å²) in [5.41, 5.74) is 2.78. The first-order chi connectivity index (χ1) is 18.0. The van der Waals surface area contributed by atoms with Crippen molar-refractivity contribution in [2.45, 2.75) is 19.3 Å². The van der Waals surface area contributed by atoms with Gasteiger partial charge in [-0.15, -0.1) is 11.3 Å². The minimum Gasteiger partial charge on any atom is -0.496 e. The van der Waals surface area contributed by atoms with E-state index in [0.717, 1.165) is 26.4 Å². The number of aromatic amines is 1. The van der Waals surface area contributed by atoms with Gasteiger partial charge in [-0.05, 0) is 29.8 Å². The molecular weight excluding hydrogens is 493 g/mol. The van der Waals surface area contributed by atoms with Gasteiger partial charge in [0.2, 0.25) is 0 Å². The second kappa shape index (κ2) is 10.7. The van der Waals surface area contributed by atoms with Gasteiger partial charge in [0.1, 0.15) is 23.1 Å². The van der Waals surface area contributed by atoms with E-state index >= 15 is 0 Å². The van der Waals surface area contributed by atoms with Crippen molar-refractivity contribution in [2.24, 2.45) is 0 Å². The van der Waals surface area contributed by atoms with E-state index in [1.54, 1.807) is 43.0 Å². The zero-order valence-corrected chi connectivity index (χ0v) is 20.7. The fourth-order valence-electron chi connectivity index (χ4n) is 4.01. The van der Waals surface area contributed by atoms with Crippen LogP contribution in [0.3, 0.4) is 0 Å². The summed E-state index contributed by atoms with van der Waals surface area (Å²) in [6.45, 7) is 0. The van der Waals surface area contributed by atoms with E-state index in [4.69, 9.17) is 9.47 Å². The summed E-state index contributed by atoms with van der Waals surface area (Å²) in [6.07, 6.45) is 4.74. The van der Waals surface area contributed by atoms with Crippen molar-refractivity contribution in [1.29, 1.82) is 0 Å². The Kier molecular flexibility index (Phi) is 7.04. The topological polar surface area (TPSA) is 94.2 Å². The van der Waals surface area contributed by atoms with Crippen LogP contribution in [0.25, 0.3) is 20.8 Å². The minimum atomic E-state index is -0.596. The lowest BCUT2D eigenvalue weighted by atomic mass is 10.0. The van der Waals surface area contributed by atoms with Gasteiger partial charge in [-0.1, -0.05) is 24.3 Å². The lowest BCUT2D eigenvalue weighted by Gasteiger charge is -2.09. The number of pyridine rings is 1. The van der Waals surface area contributed by atoms with Gasteiger partial charge in [-0.25, -0.2) is 9.37 Å². The molecule has 5 aromatic rings. The number of carbonyl (C=O) groups excluding carboxylic acids is 2. The first-order valence-electron chi connectivity index (χ1n) is 11.5. The maximum Gasteiger partial charge on any atom is 0.166 e. The van der Waals surface area contributed by atoms with Crippen LogP contribution in [-0.4, -0.2) is 33.6 Å². The highest BCUT2D eigenvalue weighted by Gasteiger charge is 2.16. The van der Waals surface area contributed by atoms with Crippen molar-refractivity contribution in [2.75, 3.05) is 7.11 Å². The van der Waals surface area contributed by atoms with E-state index < -0.39 is 5.82 Å². The largest absolute Gasteiger partial charge is 0.496 e. The Morgan fingerprint density at radius 1 is 1.00 bits per heavy atom. The van der Waals surface area contributed by atoms with Gasteiger partial charge in [0.25, 0.3) is 0 Å². The molecule has 186 valence electrons. The summed E-state index contributed by atoms with van der Waals surface area (Å²) in [5, 5.41) is 0. The second-order valence-electron chi connectivity index (χ2n) is 8.39. The highest BCUT2D eigenvalue weighted by molar-refractivity contribution is 7.22. The number of para-hydroxylation sites is 1. The Balaban J connectivity index is 1.25. The van der Waals surface area contributed by atoms with Crippen LogP contribution in [0.4, 0.5) is 4.39 Å². The molecule has 3 heterocycles. The third-order valence-corrected chi connectivity index (χ3v) is 6.90. The monoisotopic (exact) mass is 515 g/mol. The molecule has 0 spiro atoms. The second-order valence-corrected chi connectivity index (χ2v) is 9.44. The van der Waals surface area contributed by atoms with E-state index in [9.17, 15) is 14.0 Å². The molecule has 2 aromatic carbocycles. The van der Waals surface area contributed by atoms with Crippen LogP contribution in [0.15, 0.2) is 73.3 Å². The minimum absolute atomic E-state index is 0.0347. The predicted molar refractivity (Wildman–Crippen MR) is 139 cm³/mol. The van der Waals surface area contributed by atoms with E-state index in [2.05, 4.69) is 15.0 Å². The number of thiophene rings is 1. The standard InChI is InChI=1S/C28H22FN3O4S/c1-35-24-5-3-2-4-18(24)12-20(34)13-19(33)10-17-6-7-25(21(29)11-17)36-26-8-9-31-22-14-27(37-28(22)26)23-15-30-16-32-23/h2-9,11,14-16H,10,12-13H2,1H3,(H,30,32). The third kappa shape index (κ3) is 5.57. The van der Waals surface area contributed by atoms with Gasteiger partial charge in [-0.2, -0.15) is 0 Å². The van der Waals surface area contributed by atoms with Crippen molar-refractivity contribution in [1.82, 2.24) is 15.0 Å². The number of aromatic nitrogens is 3. The van der Waals surface area contributed by atoms with E-state index in [1.807, 2.05) is 18.2 Å². The Bertz CT molecular complexity index is 1580. The SMILES string of the molecule is COc1ccccc1CC(=O)CC(=O)Cc1ccc(Oc2ccnc3cc(-c4cnc[nH]4)sc23)c(F)c1. The number of carbonyl (C=O) groups is 2. The van der Waals surface area contributed by atoms with Crippen molar-refractivity contribution >= 4 is 33.1 Å². The first-order valence-corrected chi connectivity index (χ1v) is 12.3. The molecule has 37 heavy (non-hydrogen) atoms. The van der Waals surface area contributed by atoms with Crippen molar-refractivity contribution in [3.8, 4) is 27.8 Å². The normalized spacial score (nSPS) is 11.0. The molecule has 0 aliphatic rings. The number of benzene rings is 2. The Labute approximate surface area is 215 Å². The van der Waals surface area contributed by atoms with Gasteiger partial charge in [-0.3, -0.25) is 14.6 Å². The van der Waals surface area contributed by atoms with Crippen molar-refractivity contribution in [3.05, 3.63) is 90.3 Å². The molecule has 0 aliphatic heterocycles. The molecule has 0 unspecified atom stereocenters. The molecule has 0 radical (unpaired) electrons. The van der Waals surface area contributed by atoms with Crippen molar-refractivity contribution < 1.29 is 23.5 Å². The van der Waals surface area contributed by atoms with E-state index in [0.29, 0.717) is 17.1 Å². The number of ketones is 2. The summed E-state index contributed by atoms with van der Waals surface area (Å²) in [5.74, 6) is 0.0159. The number of methoxy groups -OCH3 is 1. The average Bonchev–Trinajstić information content (AvgIpc) is 3.56. The van der Waals surface area contributed by atoms with Crippen LogP contribution in [0.2, 0.25) is 0 Å². The number of halogens is 1. The zero-order chi connectivity index (χ0) is 25.8. The smallest absolute Gasteiger partial charge is 0.166 e. The van der Waals surface area contributed by atoms with Crippen LogP contribution in [0.5, 0.6) is 17.2 Å². The summed E-state index contributed by atoms with van der Waals surface area (Å²) < 4.78 is 26.8. The van der Waals surface area contributed by atoms with Crippen LogP contribution in [0, 0.1) is 5.82 Å². The summed E-state index contributed by atoms with van der Waals surface area (Å²) in [6, 6.07) is 15.2. The number of imidazole rings is 1. The number of H-pyrrole nitrogens is 1. The van der Waals surface area contributed by atoms with Crippen LogP contribution in [0.1, 0.15) is 17.5 Å². The van der Waals surface area contributed by atoms with Crippen LogP contribution < -0.4 is 9.47 Å². The van der Waals surface area contributed by atoms with Crippen LogP contribution >= 0.6 is 11.3 Å². The van der Waals surface area contributed by atoms with E-state index in [-0.39, 0.29) is 36.6 Å². The van der Waals surface area contributed by atoms with Crippen molar-refractivity contribution in [3.63, 3.8) is 0 Å². The lowest BCUT2D eigenvalue weighted by Crippen LogP contribution is -2.13. The molecule has 5 rings (SSSR count). The number of nitrogens with one attached hydrogen (secondary N) is 1. The molecule has 9 heteroatoms. The predicted octanol–water partition coefficient (Wildman–Crippen LogP) is 5.94. The quantitative estimate of drug-likeness (QED) is 0.231. The number of hydrogen-bond donors (Lipinski definition) is 1. The average molecular weight is 516 g/mol. The summed E-state index contributed by atoms with van der Waals surface area (Å²) >= 11 is 1.46. The molecule has 0 saturated carbocycles. The van der Waals surface area contributed by atoms with Crippen LogP contribution in [-0.2, 0) is 22.4 Å².